The quantitative estimate of drug-likeness (QED) is 0.246. The van der Waals surface area contributed by atoms with Gasteiger partial charge in [0.05, 0.1) is 59.6 Å². The van der Waals surface area contributed by atoms with Crippen molar-refractivity contribution < 1.29 is 8.78 Å². The Hall–Kier alpha value is -4.59. The van der Waals surface area contributed by atoms with Gasteiger partial charge in [0.1, 0.15) is 11.6 Å². The van der Waals surface area contributed by atoms with Gasteiger partial charge < -0.3 is 0 Å². The van der Waals surface area contributed by atoms with E-state index in [1.807, 2.05) is 45.4 Å². The summed E-state index contributed by atoms with van der Waals surface area (Å²) in [7, 11) is -5.13. The van der Waals surface area contributed by atoms with Crippen molar-refractivity contribution in [1.82, 2.24) is 0 Å². The van der Waals surface area contributed by atoms with E-state index in [2.05, 4.69) is 14.5 Å². The van der Waals surface area contributed by atoms with E-state index in [9.17, 15) is 15.8 Å². The molecule has 174 valence electrons. The van der Waals surface area contributed by atoms with Crippen LogP contribution in [0, 0.1) is 65.3 Å². The summed E-state index contributed by atoms with van der Waals surface area (Å²) in [6, 6.07) is 5.48. The fourth-order valence-corrected chi connectivity index (χ4v) is 8.62. The number of rotatable bonds is 2. The van der Waals surface area contributed by atoms with Crippen LogP contribution in [0.5, 0.6) is 0 Å². The Morgan fingerprint density at radius 3 is 1.47 bits per heavy atom. The number of benzene rings is 1. The zero-order valence-corrected chi connectivity index (χ0v) is 22.4. The first-order chi connectivity index (χ1) is 16.8. The number of hydrogen-bond donors (Lipinski definition) is 0. The maximum Gasteiger partial charge on any atom is 0.269 e. The molecule has 0 atom stereocenters. The number of fused-ring (bicyclic) bond motifs is 2. The van der Waals surface area contributed by atoms with Crippen LogP contribution in [0.2, 0.25) is 39.3 Å². The predicted octanol–water partition coefficient (Wildman–Crippen LogP) is 6.96. The number of halogens is 2. The molecule has 0 saturated carbocycles. The summed E-state index contributed by atoms with van der Waals surface area (Å²) in [6.45, 7) is 33.8. The van der Waals surface area contributed by atoms with E-state index >= 15 is 8.78 Å². The molecule has 1 aromatic carbocycles. The average Bonchev–Trinajstić information content (AvgIpc) is 3.34. The van der Waals surface area contributed by atoms with Crippen LogP contribution in [0.25, 0.3) is 37.0 Å². The van der Waals surface area contributed by atoms with Crippen molar-refractivity contribution in [2.75, 3.05) is 0 Å². The lowest BCUT2D eigenvalue weighted by Crippen LogP contribution is -2.25. The van der Waals surface area contributed by atoms with E-state index in [1.54, 1.807) is 12.1 Å². The van der Waals surface area contributed by atoms with Crippen LogP contribution < -0.4 is 0 Å². The van der Waals surface area contributed by atoms with Crippen LogP contribution in [0.4, 0.5) is 8.78 Å². The molecule has 0 fully saturated rings. The van der Waals surface area contributed by atoms with E-state index in [4.69, 9.17) is 19.7 Å². The third-order valence-corrected chi connectivity index (χ3v) is 9.97. The lowest BCUT2D eigenvalue weighted by Gasteiger charge is -2.23. The Labute approximate surface area is 210 Å². The van der Waals surface area contributed by atoms with E-state index < -0.39 is 50.3 Å². The molecule has 0 amide bonds. The third-order valence-electron chi connectivity index (χ3n) is 5.98. The van der Waals surface area contributed by atoms with Crippen molar-refractivity contribution in [3.05, 3.63) is 89.9 Å². The summed E-state index contributed by atoms with van der Waals surface area (Å²) >= 11 is 0. The molecule has 2 aliphatic carbocycles. The SMILES string of the molecule is [C-]#[N+]C1=C([Si](C)(C)C)/C(=C(/C#N)[N+]#[C-])c2c(F)c3c(c(F)c21)C(C#N)=C([Si](C)(C)C)/C3=C(\C#N)[N+]#[C-]. The molecule has 10 heteroatoms. The lowest BCUT2D eigenvalue weighted by atomic mass is 9.92. The van der Waals surface area contributed by atoms with Crippen molar-refractivity contribution in [3.8, 4) is 18.2 Å². The van der Waals surface area contributed by atoms with Gasteiger partial charge in [0.15, 0.2) is 5.70 Å². The van der Waals surface area contributed by atoms with E-state index in [1.165, 1.54) is 0 Å². The van der Waals surface area contributed by atoms with Crippen molar-refractivity contribution in [3.63, 3.8) is 0 Å². The van der Waals surface area contributed by atoms with Gasteiger partial charge in [-0.3, -0.25) is 0 Å². The molecule has 3 rings (SSSR count). The molecule has 2 aliphatic rings. The first-order valence-corrected chi connectivity index (χ1v) is 17.6. The second kappa shape index (κ2) is 8.57. The summed E-state index contributed by atoms with van der Waals surface area (Å²) in [6.07, 6.45) is 0. The molecule has 0 aliphatic heterocycles. The fourth-order valence-electron chi connectivity index (χ4n) is 4.81. The molecular formula is C26H18F2N6Si2. The Bertz CT molecular complexity index is 1510. The highest BCUT2D eigenvalue weighted by Crippen LogP contribution is 2.56. The van der Waals surface area contributed by atoms with Gasteiger partial charge >= 0.3 is 0 Å². The zero-order chi connectivity index (χ0) is 27.3. The van der Waals surface area contributed by atoms with Gasteiger partial charge in [-0.05, 0) is 10.8 Å². The lowest BCUT2D eigenvalue weighted by molar-refractivity contribution is 0.590. The monoisotopic (exact) mass is 508 g/mol. The summed E-state index contributed by atoms with van der Waals surface area (Å²) in [5.41, 5.74) is -3.07. The first-order valence-electron chi connectivity index (χ1n) is 10.6. The highest BCUT2D eigenvalue weighted by Gasteiger charge is 2.47. The number of hydrogen-bond acceptors (Lipinski definition) is 3. The van der Waals surface area contributed by atoms with E-state index in [0.29, 0.717) is 0 Å². The molecule has 0 aromatic heterocycles. The van der Waals surface area contributed by atoms with Crippen LogP contribution in [-0.4, -0.2) is 16.1 Å². The molecule has 36 heavy (non-hydrogen) atoms. The van der Waals surface area contributed by atoms with Gasteiger partial charge in [-0.1, -0.05) is 44.5 Å². The van der Waals surface area contributed by atoms with Crippen molar-refractivity contribution in [2.45, 2.75) is 39.3 Å². The Morgan fingerprint density at radius 1 is 0.694 bits per heavy atom. The van der Waals surface area contributed by atoms with Crippen LogP contribution in [0.15, 0.2) is 21.8 Å². The number of nitrogens with zero attached hydrogens (tertiary/aromatic N) is 6. The summed E-state index contributed by atoms with van der Waals surface area (Å²) in [4.78, 5) is 10.0. The standard InChI is InChI=1S/C26H18F2N6Si2/c1-32-14(11-30)17-19-16(13(10-29)25(17)35(4,5)6)22(27)21-20(23(19)28)18(15(12-31)33-2)26(24(21)34-3)36(7,8)9/h4-9H3/b17-14+,18-15-. The van der Waals surface area contributed by atoms with Gasteiger partial charge in [0.25, 0.3) is 11.4 Å². The topological polar surface area (TPSA) is 84.5 Å². The van der Waals surface area contributed by atoms with Crippen molar-refractivity contribution in [1.29, 1.82) is 15.8 Å². The van der Waals surface area contributed by atoms with Gasteiger partial charge in [-0.2, -0.15) is 5.26 Å². The Kier molecular flexibility index (Phi) is 6.20. The van der Waals surface area contributed by atoms with Gasteiger partial charge in [0.2, 0.25) is 0 Å². The van der Waals surface area contributed by atoms with Crippen LogP contribution in [-0.2, 0) is 0 Å². The first kappa shape index (κ1) is 26.0. The Morgan fingerprint density at radius 2 is 1.11 bits per heavy atom. The second-order valence-electron chi connectivity index (χ2n) is 10.2. The van der Waals surface area contributed by atoms with Gasteiger partial charge in [-0.25, -0.2) is 33.8 Å². The minimum absolute atomic E-state index is 0.118. The van der Waals surface area contributed by atoms with Crippen LogP contribution in [0.1, 0.15) is 22.3 Å². The van der Waals surface area contributed by atoms with Crippen LogP contribution >= 0.6 is 0 Å². The Balaban J connectivity index is 2.80. The molecule has 1 aromatic rings. The molecule has 0 N–H and O–H groups in total. The molecule has 6 nitrogen and oxygen atoms in total. The number of allylic oxidation sites excluding steroid dienone is 7. The number of nitriles is 3. The molecule has 0 unspecified atom stereocenters. The largest absolute Gasteiger partial charge is 0.269 e. The zero-order valence-electron chi connectivity index (χ0n) is 20.4. The van der Waals surface area contributed by atoms with E-state index in [0.717, 1.165) is 0 Å². The summed E-state index contributed by atoms with van der Waals surface area (Å²) in [5, 5.41) is 30.0. The normalized spacial score (nSPS) is 17.2. The molecule has 0 spiro atoms. The highest BCUT2D eigenvalue weighted by atomic mass is 28.3. The van der Waals surface area contributed by atoms with Crippen LogP contribution in [0.3, 0.4) is 0 Å². The fraction of sp³-hybridized carbons (Fsp3) is 0.231. The maximum absolute atomic E-state index is 16.7. The minimum atomic E-state index is -2.57. The maximum atomic E-state index is 16.7. The van der Waals surface area contributed by atoms with Gasteiger partial charge in [-0.15, -0.1) is 0 Å². The second-order valence-corrected chi connectivity index (χ2v) is 20.2. The molecule has 0 bridgehead atoms. The predicted molar refractivity (Wildman–Crippen MR) is 137 cm³/mol. The summed E-state index contributed by atoms with van der Waals surface area (Å²) in [5.74, 6) is -2.07. The third kappa shape index (κ3) is 3.41. The average molecular weight is 509 g/mol. The molecule has 0 radical (unpaired) electrons. The molecule has 0 saturated heterocycles. The summed E-state index contributed by atoms with van der Waals surface area (Å²) < 4.78 is 33.1. The van der Waals surface area contributed by atoms with E-state index in [-0.39, 0.29) is 43.9 Å². The van der Waals surface area contributed by atoms with Crippen molar-refractivity contribution >= 4 is 38.6 Å². The highest BCUT2D eigenvalue weighted by molar-refractivity contribution is 6.87. The molecule has 0 heterocycles. The minimum Gasteiger partial charge on any atom is -0.238 e. The van der Waals surface area contributed by atoms with Gasteiger partial charge in [0, 0.05) is 27.8 Å². The smallest absolute Gasteiger partial charge is 0.238 e. The molecular weight excluding hydrogens is 490 g/mol. The van der Waals surface area contributed by atoms with Crippen molar-refractivity contribution in [2.24, 2.45) is 0 Å².